The van der Waals surface area contributed by atoms with E-state index in [2.05, 4.69) is 9.97 Å². The highest BCUT2D eigenvalue weighted by molar-refractivity contribution is 5.91. The van der Waals surface area contributed by atoms with Crippen LogP contribution in [0.4, 0.5) is 0 Å². The van der Waals surface area contributed by atoms with Crippen molar-refractivity contribution < 1.29 is 14.3 Å². The maximum absolute atomic E-state index is 13.0. The van der Waals surface area contributed by atoms with E-state index in [4.69, 9.17) is 9.47 Å². The second-order valence-electron chi connectivity index (χ2n) is 6.59. The van der Waals surface area contributed by atoms with Crippen molar-refractivity contribution in [3.05, 3.63) is 90.0 Å². The summed E-state index contributed by atoms with van der Waals surface area (Å²) < 4.78 is 10.9. The minimum atomic E-state index is -0.0931. The zero-order chi connectivity index (χ0) is 21.2. The van der Waals surface area contributed by atoms with Gasteiger partial charge < -0.3 is 14.4 Å². The van der Waals surface area contributed by atoms with Crippen LogP contribution in [0.1, 0.15) is 23.6 Å². The number of nitrogens with zero attached hydrogens (tertiary/aromatic N) is 3. The molecular formula is C24H25N3O3. The van der Waals surface area contributed by atoms with Gasteiger partial charge in [-0.25, -0.2) is 0 Å². The lowest BCUT2D eigenvalue weighted by molar-refractivity contribution is -0.127. The molecule has 154 valence electrons. The molecule has 0 fully saturated rings. The number of aromatic nitrogens is 2. The molecule has 0 aliphatic carbocycles. The van der Waals surface area contributed by atoms with E-state index in [-0.39, 0.29) is 5.91 Å². The van der Waals surface area contributed by atoms with Gasteiger partial charge in [0.2, 0.25) is 5.91 Å². The first kappa shape index (κ1) is 21.0. The molecule has 30 heavy (non-hydrogen) atoms. The van der Waals surface area contributed by atoms with Crippen molar-refractivity contribution in [2.24, 2.45) is 0 Å². The van der Waals surface area contributed by atoms with E-state index >= 15 is 0 Å². The summed E-state index contributed by atoms with van der Waals surface area (Å²) in [6.45, 7) is 3.40. The van der Waals surface area contributed by atoms with Crippen molar-refractivity contribution >= 4 is 12.0 Å². The molecule has 0 bridgehead atoms. The third-order valence-electron chi connectivity index (χ3n) is 4.44. The number of benzene rings is 1. The number of hydrogen-bond donors (Lipinski definition) is 0. The van der Waals surface area contributed by atoms with Crippen molar-refractivity contribution in [2.75, 3.05) is 13.7 Å². The Morgan fingerprint density at radius 2 is 1.80 bits per heavy atom. The first-order chi connectivity index (χ1) is 14.7. The highest BCUT2D eigenvalue weighted by atomic mass is 16.5. The zero-order valence-corrected chi connectivity index (χ0v) is 17.2. The van der Waals surface area contributed by atoms with Crippen LogP contribution in [0, 0.1) is 0 Å². The number of rotatable bonds is 9. The Morgan fingerprint density at radius 3 is 2.50 bits per heavy atom. The van der Waals surface area contributed by atoms with Gasteiger partial charge in [-0.05, 0) is 60.0 Å². The van der Waals surface area contributed by atoms with Gasteiger partial charge in [-0.2, -0.15) is 0 Å². The first-order valence-electron chi connectivity index (χ1n) is 9.75. The molecule has 6 nitrogen and oxygen atoms in total. The Labute approximate surface area is 176 Å². The Bertz CT molecular complexity index is 934. The Kier molecular flexibility index (Phi) is 7.55. The number of ether oxygens (including phenoxy) is 2. The summed E-state index contributed by atoms with van der Waals surface area (Å²) in [6.07, 6.45) is 10.3. The fourth-order valence-corrected chi connectivity index (χ4v) is 2.97. The lowest BCUT2D eigenvalue weighted by Gasteiger charge is -2.21. The van der Waals surface area contributed by atoms with E-state index in [1.54, 1.807) is 48.9 Å². The Hall–Kier alpha value is -3.67. The lowest BCUT2D eigenvalue weighted by Crippen LogP contribution is -2.28. The third-order valence-corrected chi connectivity index (χ3v) is 4.44. The quantitative estimate of drug-likeness (QED) is 0.503. The van der Waals surface area contributed by atoms with Crippen molar-refractivity contribution in [3.8, 4) is 11.5 Å². The van der Waals surface area contributed by atoms with Gasteiger partial charge in [0.15, 0.2) is 11.5 Å². The van der Waals surface area contributed by atoms with Gasteiger partial charge in [0, 0.05) is 44.0 Å². The topological polar surface area (TPSA) is 64.5 Å². The molecule has 1 amide bonds. The molecule has 0 unspecified atom stereocenters. The van der Waals surface area contributed by atoms with Crippen molar-refractivity contribution in [3.63, 3.8) is 0 Å². The minimum Gasteiger partial charge on any atom is -0.493 e. The highest BCUT2D eigenvalue weighted by Crippen LogP contribution is 2.28. The molecule has 0 atom stereocenters. The standard InChI is InChI=1S/C24H25N3O3/c1-3-30-23-15-19(6-8-22(23)29-2)7-9-24(28)27(17-20-10-13-25-14-11-20)18-21-5-4-12-26-16-21/h4-16H,3,17-18H2,1-2H3/b9-7+. The number of carbonyl (C=O) groups is 1. The maximum Gasteiger partial charge on any atom is 0.247 e. The molecule has 2 heterocycles. The average molecular weight is 403 g/mol. The Balaban J connectivity index is 1.79. The summed E-state index contributed by atoms with van der Waals surface area (Å²) in [4.78, 5) is 23.0. The second-order valence-corrected chi connectivity index (χ2v) is 6.59. The number of carbonyl (C=O) groups excluding carboxylic acids is 1. The van der Waals surface area contributed by atoms with Gasteiger partial charge >= 0.3 is 0 Å². The second kappa shape index (κ2) is 10.8. The summed E-state index contributed by atoms with van der Waals surface area (Å²) >= 11 is 0. The molecule has 3 rings (SSSR count). The molecule has 0 aliphatic heterocycles. The molecule has 3 aromatic rings. The van der Waals surface area contributed by atoms with E-state index < -0.39 is 0 Å². The van der Waals surface area contributed by atoms with Crippen LogP contribution in [-0.4, -0.2) is 34.5 Å². The van der Waals surface area contributed by atoms with Crippen LogP contribution < -0.4 is 9.47 Å². The van der Waals surface area contributed by atoms with Crippen LogP contribution in [0.3, 0.4) is 0 Å². The normalized spacial score (nSPS) is 10.7. The summed E-state index contributed by atoms with van der Waals surface area (Å²) in [7, 11) is 1.60. The monoisotopic (exact) mass is 403 g/mol. The van der Waals surface area contributed by atoms with E-state index in [9.17, 15) is 4.79 Å². The van der Waals surface area contributed by atoms with Gasteiger partial charge in [0.05, 0.1) is 13.7 Å². The van der Waals surface area contributed by atoms with Gasteiger partial charge in [0.25, 0.3) is 0 Å². The van der Waals surface area contributed by atoms with Crippen molar-refractivity contribution in [1.82, 2.24) is 14.9 Å². The highest BCUT2D eigenvalue weighted by Gasteiger charge is 2.13. The van der Waals surface area contributed by atoms with E-state index in [1.807, 2.05) is 49.4 Å². The predicted molar refractivity (Wildman–Crippen MR) is 116 cm³/mol. The molecule has 0 N–H and O–H groups in total. The van der Waals surface area contributed by atoms with Gasteiger partial charge in [0.1, 0.15) is 0 Å². The predicted octanol–water partition coefficient (Wildman–Crippen LogP) is 4.13. The summed E-state index contributed by atoms with van der Waals surface area (Å²) in [6, 6.07) is 13.2. The Morgan fingerprint density at radius 1 is 1.00 bits per heavy atom. The molecule has 2 aromatic heterocycles. The number of methoxy groups -OCH3 is 1. The molecule has 0 saturated carbocycles. The molecule has 0 spiro atoms. The van der Waals surface area contributed by atoms with Gasteiger partial charge in [-0.15, -0.1) is 0 Å². The number of hydrogen-bond acceptors (Lipinski definition) is 5. The van der Waals surface area contributed by atoms with E-state index in [1.165, 1.54) is 0 Å². The SMILES string of the molecule is CCOc1cc(/C=C/C(=O)N(Cc2ccncc2)Cc2cccnc2)ccc1OC. The largest absolute Gasteiger partial charge is 0.493 e. The fourth-order valence-electron chi connectivity index (χ4n) is 2.97. The van der Waals surface area contributed by atoms with Crippen molar-refractivity contribution in [2.45, 2.75) is 20.0 Å². The van der Waals surface area contributed by atoms with Crippen LogP contribution in [0.5, 0.6) is 11.5 Å². The molecular weight excluding hydrogens is 378 g/mol. The average Bonchev–Trinajstić information content (AvgIpc) is 2.79. The third kappa shape index (κ3) is 5.91. The fraction of sp³-hybridized carbons (Fsp3) is 0.208. The summed E-state index contributed by atoms with van der Waals surface area (Å²) in [5.41, 5.74) is 2.84. The van der Waals surface area contributed by atoms with E-state index in [0.717, 1.165) is 16.7 Å². The smallest absolute Gasteiger partial charge is 0.247 e. The van der Waals surface area contributed by atoms with Crippen molar-refractivity contribution in [1.29, 1.82) is 0 Å². The van der Waals surface area contributed by atoms with E-state index in [0.29, 0.717) is 31.2 Å². The molecule has 0 saturated heterocycles. The van der Waals surface area contributed by atoms with Crippen LogP contribution in [0.2, 0.25) is 0 Å². The maximum atomic E-state index is 13.0. The molecule has 6 heteroatoms. The minimum absolute atomic E-state index is 0.0931. The lowest BCUT2D eigenvalue weighted by atomic mass is 10.1. The van der Waals surface area contributed by atoms with Crippen LogP contribution >= 0.6 is 0 Å². The molecule has 0 radical (unpaired) electrons. The summed E-state index contributed by atoms with van der Waals surface area (Å²) in [5.74, 6) is 1.22. The van der Waals surface area contributed by atoms with Crippen LogP contribution in [0.15, 0.2) is 73.3 Å². The molecule has 0 aliphatic rings. The first-order valence-corrected chi connectivity index (χ1v) is 9.75. The van der Waals surface area contributed by atoms with Gasteiger partial charge in [-0.3, -0.25) is 14.8 Å². The number of amides is 1. The molecule has 1 aromatic carbocycles. The van der Waals surface area contributed by atoms with Crippen LogP contribution in [-0.2, 0) is 17.9 Å². The van der Waals surface area contributed by atoms with Gasteiger partial charge in [-0.1, -0.05) is 12.1 Å². The summed E-state index contributed by atoms with van der Waals surface area (Å²) in [5, 5.41) is 0. The van der Waals surface area contributed by atoms with Crippen LogP contribution in [0.25, 0.3) is 6.08 Å². The zero-order valence-electron chi connectivity index (χ0n) is 17.2. The number of pyridine rings is 2.